The van der Waals surface area contributed by atoms with E-state index in [0.717, 1.165) is 5.56 Å². The molecule has 8 nitrogen and oxygen atoms in total. The lowest BCUT2D eigenvalue weighted by atomic mass is 10.0. The Hall–Kier alpha value is -3.20. The fourth-order valence-corrected chi connectivity index (χ4v) is 3.66. The number of hydrogen-bond acceptors (Lipinski definition) is 5. The summed E-state index contributed by atoms with van der Waals surface area (Å²) in [7, 11) is 0. The Kier molecular flexibility index (Phi) is 5.54. The van der Waals surface area contributed by atoms with Crippen LogP contribution in [-0.2, 0) is 11.2 Å². The molecule has 4 rings (SSSR count). The molecule has 1 aromatic carbocycles. The van der Waals surface area contributed by atoms with E-state index < -0.39 is 12.1 Å². The summed E-state index contributed by atoms with van der Waals surface area (Å²) >= 11 is 0. The van der Waals surface area contributed by atoms with Crippen molar-refractivity contribution in [2.75, 3.05) is 24.7 Å². The zero-order valence-electron chi connectivity index (χ0n) is 16.4. The number of aromatic nitrogens is 1. The summed E-state index contributed by atoms with van der Waals surface area (Å²) < 4.78 is 24.2. The van der Waals surface area contributed by atoms with Gasteiger partial charge in [-0.2, -0.15) is 0 Å². The summed E-state index contributed by atoms with van der Waals surface area (Å²) in [5.74, 6) is -0.638. The molecule has 158 valence electrons. The highest BCUT2D eigenvalue weighted by Crippen LogP contribution is 2.35. The second kappa shape index (κ2) is 8.27. The molecule has 2 N–H and O–H groups in total. The van der Waals surface area contributed by atoms with E-state index in [9.17, 15) is 19.1 Å². The number of halogens is 1. The highest BCUT2D eigenvalue weighted by Gasteiger charge is 2.33. The van der Waals surface area contributed by atoms with Gasteiger partial charge in [-0.15, -0.1) is 0 Å². The van der Waals surface area contributed by atoms with Crippen LogP contribution < -0.4 is 15.0 Å². The number of fused-ring (bicyclic) bond motifs is 1. The van der Waals surface area contributed by atoms with Crippen LogP contribution >= 0.6 is 0 Å². The molecule has 9 heteroatoms. The summed E-state index contributed by atoms with van der Waals surface area (Å²) in [6.45, 7) is 2.89. The molecule has 2 aliphatic heterocycles. The summed E-state index contributed by atoms with van der Waals surface area (Å²) in [5.41, 5.74) is 1.74. The molecule has 3 heterocycles. The Morgan fingerprint density at radius 3 is 2.73 bits per heavy atom. The van der Waals surface area contributed by atoms with E-state index in [1.54, 1.807) is 25.1 Å². The van der Waals surface area contributed by atoms with Crippen molar-refractivity contribution < 1.29 is 28.6 Å². The van der Waals surface area contributed by atoms with E-state index in [2.05, 4.69) is 10.3 Å². The number of benzene rings is 1. The predicted octanol–water partition coefficient (Wildman–Crippen LogP) is 2.60. The molecule has 2 aliphatic rings. The van der Waals surface area contributed by atoms with E-state index in [1.165, 1.54) is 17.0 Å². The van der Waals surface area contributed by atoms with Gasteiger partial charge in [-0.3, -0.25) is 9.69 Å². The van der Waals surface area contributed by atoms with Crippen LogP contribution in [0, 0.1) is 5.82 Å². The van der Waals surface area contributed by atoms with Gasteiger partial charge < -0.3 is 19.9 Å². The van der Waals surface area contributed by atoms with Gasteiger partial charge in [0.2, 0.25) is 5.88 Å². The molecule has 0 saturated carbocycles. The number of anilines is 1. The maximum absolute atomic E-state index is 13.3. The third-order valence-corrected chi connectivity index (χ3v) is 5.20. The Balaban J connectivity index is 1.74. The second-order valence-corrected chi connectivity index (χ2v) is 7.47. The van der Waals surface area contributed by atoms with Crippen LogP contribution in [0.15, 0.2) is 30.3 Å². The molecular weight excluding hydrogens is 393 g/mol. The van der Waals surface area contributed by atoms with Crippen LogP contribution in [0.25, 0.3) is 0 Å². The summed E-state index contributed by atoms with van der Waals surface area (Å²) in [6, 6.07) is 7.04. The van der Waals surface area contributed by atoms with E-state index in [0.29, 0.717) is 30.9 Å². The summed E-state index contributed by atoms with van der Waals surface area (Å²) in [6.07, 6.45) is -0.126. The molecule has 0 unspecified atom stereocenters. The molecule has 1 saturated heterocycles. The van der Waals surface area contributed by atoms with Crippen molar-refractivity contribution in [3.8, 4) is 5.88 Å². The maximum Gasteiger partial charge on any atom is 0.412 e. The first-order valence-corrected chi connectivity index (χ1v) is 9.74. The van der Waals surface area contributed by atoms with E-state index >= 15 is 0 Å². The first-order valence-electron chi connectivity index (χ1n) is 9.74. The molecule has 2 aromatic rings. The molecule has 2 amide bonds. The maximum atomic E-state index is 13.3. The van der Waals surface area contributed by atoms with Gasteiger partial charge in [-0.05, 0) is 49.1 Å². The molecule has 1 fully saturated rings. The SMILES string of the molecule is C[C@H]1COc2nc(C(=O)N[C@@H]3CCOC3)c(Cc3ccc(F)cc3)cc2N1C(=O)O. The van der Waals surface area contributed by atoms with Crippen molar-refractivity contribution in [2.24, 2.45) is 0 Å². The van der Waals surface area contributed by atoms with E-state index in [4.69, 9.17) is 9.47 Å². The Morgan fingerprint density at radius 2 is 2.07 bits per heavy atom. The first-order chi connectivity index (χ1) is 14.4. The fraction of sp³-hybridized carbons (Fsp3) is 0.381. The lowest BCUT2D eigenvalue weighted by molar-refractivity contribution is 0.0922. The summed E-state index contributed by atoms with van der Waals surface area (Å²) in [4.78, 5) is 30.3. The van der Waals surface area contributed by atoms with Gasteiger partial charge >= 0.3 is 6.09 Å². The Bertz CT molecular complexity index is 960. The number of nitrogens with zero attached hydrogens (tertiary/aromatic N) is 2. The van der Waals surface area contributed by atoms with Crippen molar-refractivity contribution in [1.29, 1.82) is 0 Å². The van der Waals surface area contributed by atoms with Crippen LogP contribution in [0.5, 0.6) is 5.88 Å². The number of nitrogens with one attached hydrogen (secondary N) is 1. The normalized spacial score (nSPS) is 20.4. The second-order valence-electron chi connectivity index (χ2n) is 7.47. The molecule has 0 radical (unpaired) electrons. The van der Waals surface area contributed by atoms with E-state index in [1.807, 2.05) is 0 Å². The fourth-order valence-electron chi connectivity index (χ4n) is 3.66. The zero-order valence-corrected chi connectivity index (χ0v) is 16.4. The number of hydrogen-bond donors (Lipinski definition) is 2. The van der Waals surface area contributed by atoms with Crippen molar-refractivity contribution in [2.45, 2.75) is 31.8 Å². The molecule has 0 aliphatic carbocycles. The average Bonchev–Trinajstić information content (AvgIpc) is 3.21. The van der Waals surface area contributed by atoms with Gasteiger partial charge in [0, 0.05) is 6.61 Å². The molecule has 0 bridgehead atoms. The van der Waals surface area contributed by atoms with Gasteiger partial charge in [0.15, 0.2) is 0 Å². The van der Waals surface area contributed by atoms with Gasteiger partial charge in [-0.1, -0.05) is 12.1 Å². The predicted molar refractivity (Wildman–Crippen MR) is 106 cm³/mol. The third-order valence-electron chi connectivity index (χ3n) is 5.20. The van der Waals surface area contributed by atoms with Gasteiger partial charge in [0.05, 0.1) is 18.7 Å². The number of rotatable bonds is 4. The number of pyridine rings is 1. The number of ether oxygens (including phenoxy) is 2. The van der Waals surface area contributed by atoms with Crippen molar-refractivity contribution in [3.63, 3.8) is 0 Å². The monoisotopic (exact) mass is 415 g/mol. The standard InChI is InChI=1S/C21H22FN3O5/c1-12-10-30-20-17(25(12)21(27)28)9-14(8-13-2-4-15(22)5-3-13)18(24-20)19(26)23-16-6-7-29-11-16/h2-5,9,12,16H,6-8,10-11H2,1H3,(H,23,26)(H,27,28)/t12-,16+/m0/s1. The molecule has 30 heavy (non-hydrogen) atoms. The van der Waals surface area contributed by atoms with Crippen LogP contribution in [0.3, 0.4) is 0 Å². The van der Waals surface area contributed by atoms with Crippen LogP contribution in [0.1, 0.15) is 35.0 Å². The van der Waals surface area contributed by atoms with Crippen molar-refractivity contribution in [3.05, 3.63) is 53.0 Å². The quantitative estimate of drug-likeness (QED) is 0.796. The average molecular weight is 415 g/mol. The third kappa shape index (κ3) is 4.06. The van der Waals surface area contributed by atoms with Crippen molar-refractivity contribution in [1.82, 2.24) is 10.3 Å². The minimum Gasteiger partial charge on any atom is -0.474 e. The molecule has 1 aromatic heterocycles. The highest BCUT2D eigenvalue weighted by molar-refractivity contribution is 5.96. The number of carbonyl (C=O) groups excluding carboxylic acids is 1. The van der Waals surface area contributed by atoms with Crippen LogP contribution in [0.2, 0.25) is 0 Å². The zero-order chi connectivity index (χ0) is 21.3. The summed E-state index contributed by atoms with van der Waals surface area (Å²) in [5, 5.41) is 12.6. The lowest BCUT2D eigenvalue weighted by Crippen LogP contribution is -2.45. The Labute approximate surface area is 172 Å². The molecular formula is C21H22FN3O5. The van der Waals surface area contributed by atoms with Crippen LogP contribution in [-0.4, -0.2) is 54.0 Å². The van der Waals surface area contributed by atoms with Gasteiger partial charge in [0.25, 0.3) is 5.91 Å². The number of carbonyl (C=O) groups is 2. The van der Waals surface area contributed by atoms with Crippen molar-refractivity contribution >= 4 is 17.7 Å². The van der Waals surface area contributed by atoms with Crippen LogP contribution in [0.4, 0.5) is 14.9 Å². The minimum absolute atomic E-state index is 0.103. The minimum atomic E-state index is -1.12. The topological polar surface area (TPSA) is 101 Å². The lowest BCUT2D eigenvalue weighted by Gasteiger charge is -2.32. The van der Waals surface area contributed by atoms with E-state index in [-0.39, 0.29) is 42.4 Å². The van der Waals surface area contributed by atoms with Gasteiger partial charge in [0.1, 0.15) is 23.8 Å². The van der Waals surface area contributed by atoms with Gasteiger partial charge in [-0.25, -0.2) is 14.2 Å². The number of carboxylic acid groups (broad SMARTS) is 1. The largest absolute Gasteiger partial charge is 0.474 e. The smallest absolute Gasteiger partial charge is 0.412 e. The highest BCUT2D eigenvalue weighted by atomic mass is 19.1. The first kappa shape index (κ1) is 20.1. The Morgan fingerprint density at radius 1 is 1.30 bits per heavy atom. The number of amides is 2. The molecule has 2 atom stereocenters. The molecule has 0 spiro atoms.